The molecule has 0 aliphatic rings. The van der Waals surface area contributed by atoms with Crippen molar-refractivity contribution in [3.05, 3.63) is 22.2 Å². The molecule has 1 atom stereocenters. The van der Waals surface area contributed by atoms with E-state index in [2.05, 4.69) is 4.72 Å². The molecule has 0 aliphatic heterocycles. The largest absolute Gasteiger partial charge is 0.396 e. The monoisotopic (exact) mass is 354 g/mol. The highest BCUT2D eigenvalue weighted by Crippen LogP contribution is 2.34. The zero-order valence-corrected chi connectivity index (χ0v) is 14.5. The van der Waals surface area contributed by atoms with Gasteiger partial charge < -0.3 is 10.8 Å². The number of hydrogen-bond donors (Lipinski definition) is 3. The summed E-state index contributed by atoms with van der Waals surface area (Å²) < 4.78 is 27.5. The van der Waals surface area contributed by atoms with Gasteiger partial charge in [0.05, 0.1) is 15.7 Å². The first-order chi connectivity index (χ1) is 9.50. The van der Waals surface area contributed by atoms with E-state index in [9.17, 15) is 8.42 Å². The van der Waals surface area contributed by atoms with Gasteiger partial charge >= 0.3 is 0 Å². The second kappa shape index (κ2) is 6.71. The third-order valence-electron chi connectivity index (χ3n) is 3.14. The zero-order valence-electron chi connectivity index (χ0n) is 12.2. The lowest BCUT2D eigenvalue weighted by atomic mass is 9.86. The maximum atomic E-state index is 12.5. The maximum absolute atomic E-state index is 12.5. The molecule has 1 aromatic rings. The van der Waals surface area contributed by atoms with E-state index < -0.39 is 16.1 Å². The summed E-state index contributed by atoms with van der Waals surface area (Å²) in [7, 11) is -3.87. The quantitative estimate of drug-likeness (QED) is 0.708. The molecule has 8 heteroatoms. The predicted octanol–water partition coefficient (Wildman–Crippen LogP) is 2.65. The highest BCUT2D eigenvalue weighted by atomic mass is 35.5. The Balaban J connectivity index is 3.20. The van der Waals surface area contributed by atoms with Crippen molar-refractivity contribution >= 4 is 38.9 Å². The number of nitrogens with one attached hydrogen (secondary N) is 1. The summed E-state index contributed by atoms with van der Waals surface area (Å²) in [5.41, 5.74) is 5.32. The second-order valence-corrected chi connectivity index (χ2v) is 8.29. The number of aliphatic hydroxyl groups is 1. The molecular formula is C13H20Cl2N2O3S. The van der Waals surface area contributed by atoms with Gasteiger partial charge in [0.2, 0.25) is 10.0 Å². The molecule has 0 radical (unpaired) electrons. The first-order valence-electron chi connectivity index (χ1n) is 6.37. The van der Waals surface area contributed by atoms with Crippen molar-refractivity contribution in [2.75, 3.05) is 12.3 Å². The van der Waals surface area contributed by atoms with Gasteiger partial charge in [0.25, 0.3) is 0 Å². The van der Waals surface area contributed by atoms with E-state index in [1.807, 2.05) is 20.8 Å². The van der Waals surface area contributed by atoms with Crippen molar-refractivity contribution in [3.63, 3.8) is 0 Å². The van der Waals surface area contributed by atoms with Gasteiger partial charge in [-0.05, 0) is 24.0 Å². The number of rotatable bonds is 5. The Labute approximate surface area is 135 Å². The minimum atomic E-state index is -3.87. The number of nitrogens with two attached hydrogens (primary N) is 1. The Morgan fingerprint density at radius 1 is 1.33 bits per heavy atom. The summed E-state index contributed by atoms with van der Waals surface area (Å²) in [5.74, 6) is 0. The van der Waals surface area contributed by atoms with Crippen LogP contribution in [0.5, 0.6) is 0 Å². The van der Waals surface area contributed by atoms with Gasteiger partial charge in [-0.15, -0.1) is 0 Å². The standard InChI is InChI=1S/C13H20Cl2N2O3S/c1-13(2,3)10(6-7-18)17-21(19,20)9-5-4-8(14)12(16)11(9)15/h4-5,10,17-18H,6-7,16H2,1-3H3. The summed E-state index contributed by atoms with van der Waals surface area (Å²) in [6, 6.07) is 2.25. The van der Waals surface area contributed by atoms with Crippen molar-refractivity contribution in [1.82, 2.24) is 4.72 Å². The first-order valence-corrected chi connectivity index (χ1v) is 8.61. The Hall–Kier alpha value is -0.530. The minimum absolute atomic E-state index is 0.0238. The predicted molar refractivity (Wildman–Crippen MR) is 86.1 cm³/mol. The summed E-state index contributed by atoms with van der Waals surface area (Å²) >= 11 is 11.8. The molecule has 1 rings (SSSR count). The number of anilines is 1. The van der Waals surface area contributed by atoms with Gasteiger partial charge in [-0.1, -0.05) is 44.0 Å². The molecule has 0 fully saturated rings. The SMILES string of the molecule is CC(C)(C)C(CCO)NS(=O)(=O)c1ccc(Cl)c(N)c1Cl. The molecule has 21 heavy (non-hydrogen) atoms. The molecule has 4 N–H and O–H groups in total. The van der Waals surface area contributed by atoms with E-state index in [1.54, 1.807) is 0 Å². The third-order valence-corrected chi connectivity index (χ3v) is 5.50. The Bertz CT molecular complexity index is 613. The van der Waals surface area contributed by atoms with Crippen LogP contribution in [0.2, 0.25) is 10.0 Å². The van der Waals surface area contributed by atoms with Crippen LogP contribution in [0.4, 0.5) is 5.69 Å². The van der Waals surface area contributed by atoms with Crippen molar-refractivity contribution in [1.29, 1.82) is 0 Å². The maximum Gasteiger partial charge on any atom is 0.242 e. The first kappa shape index (κ1) is 18.5. The Kier molecular flexibility index (Phi) is 5.91. The normalized spacial score (nSPS) is 14.2. The van der Waals surface area contributed by atoms with E-state index in [0.717, 1.165) is 0 Å². The number of sulfonamides is 1. The smallest absolute Gasteiger partial charge is 0.242 e. The van der Waals surface area contributed by atoms with Gasteiger partial charge in [0.1, 0.15) is 4.90 Å². The van der Waals surface area contributed by atoms with Crippen LogP contribution in [0.1, 0.15) is 27.2 Å². The minimum Gasteiger partial charge on any atom is -0.396 e. The zero-order chi connectivity index (χ0) is 16.4. The van der Waals surface area contributed by atoms with E-state index in [1.165, 1.54) is 12.1 Å². The fraction of sp³-hybridized carbons (Fsp3) is 0.538. The molecule has 0 aliphatic carbocycles. The van der Waals surface area contributed by atoms with Gasteiger partial charge in [0.15, 0.2) is 0 Å². The second-order valence-electron chi connectivity index (χ2n) is 5.83. The highest BCUT2D eigenvalue weighted by molar-refractivity contribution is 7.89. The molecular weight excluding hydrogens is 335 g/mol. The average molecular weight is 355 g/mol. The van der Waals surface area contributed by atoms with Crippen molar-refractivity contribution in [2.45, 2.75) is 38.1 Å². The molecule has 0 amide bonds. The van der Waals surface area contributed by atoms with Crippen LogP contribution >= 0.6 is 23.2 Å². The summed E-state index contributed by atoms with van der Waals surface area (Å²) in [4.78, 5) is -0.127. The lowest BCUT2D eigenvalue weighted by molar-refractivity contribution is 0.214. The molecule has 0 saturated heterocycles. The van der Waals surface area contributed by atoms with Crippen LogP contribution in [-0.4, -0.2) is 26.2 Å². The number of hydrogen-bond acceptors (Lipinski definition) is 4. The van der Waals surface area contributed by atoms with Gasteiger partial charge in [-0.25, -0.2) is 13.1 Å². The number of halogens is 2. The molecule has 0 heterocycles. The van der Waals surface area contributed by atoms with Gasteiger partial charge in [0, 0.05) is 12.6 Å². The van der Waals surface area contributed by atoms with Crippen LogP contribution < -0.4 is 10.5 Å². The summed E-state index contributed by atoms with van der Waals surface area (Å²) in [5, 5.41) is 9.20. The Morgan fingerprint density at radius 2 is 1.90 bits per heavy atom. The molecule has 1 aromatic carbocycles. The Morgan fingerprint density at radius 3 is 2.38 bits per heavy atom. The molecule has 1 unspecified atom stereocenters. The molecule has 5 nitrogen and oxygen atoms in total. The van der Waals surface area contributed by atoms with Gasteiger partial charge in [-0.2, -0.15) is 0 Å². The topological polar surface area (TPSA) is 92.4 Å². The summed E-state index contributed by atoms with van der Waals surface area (Å²) in [6.45, 7) is 5.52. The molecule has 0 bridgehead atoms. The summed E-state index contributed by atoms with van der Waals surface area (Å²) in [6.07, 6.45) is 0.295. The third kappa shape index (κ3) is 4.47. The van der Waals surface area contributed by atoms with Crippen molar-refractivity contribution in [2.24, 2.45) is 5.41 Å². The van der Waals surface area contributed by atoms with Crippen LogP contribution in [0.3, 0.4) is 0 Å². The molecule has 0 aromatic heterocycles. The van der Waals surface area contributed by atoms with Crippen LogP contribution in [-0.2, 0) is 10.0 Å². The number of nitrogen functional groups attached to an aromatic ring is 1. The van der Waals surface area contributed by atoms with Crippen LogP contribution in [0, 0.1) is 5.41 Å². The van der Waals surface area contributed by atoms with E-state index in [0.29, 0.717) is 6.42 Å². The van der Waals surface area contributed by atoms with E-state index >= 15 is 0 Å². The lowest BCUT2D eigenvalue weighted by Crippen LogP contribution is -2.44. The molecule has 0 saturated carbocycles. The lowest BCUT2D eigenvalue weighted by Gasteiger charge is -2.31. The van der Waals surface area contributed by atoms with E-state index in [4.69, 9.17) is 34.0 Å². The van der Waals surface area contributed by atoms with E-state index in [-0.39, 0.29) is 32.7 Å². The molecule has 0 spiro atoms. The average Bonchev–Trinajstić information content (AvgIpc) is 2.34. The van der Waals surface area contributed by atoms with Crippen molar-refractivity contribution < 1.29 is 13.5 Å². The number of benzene rings is 1. The fourth-order valence-electron chi connectivity index (χ4n) is 1.81. The molecule has 120 valence electrons. The number of aliphatic hydroxyl groups excluding tert-OH is 1. The van der Waals surface area contributed by atoms with Crippen LogP contribution in [0.25, 0.3) is 0 Å². The van der Waals surface area contributed by atoms with Crippen LogP contribution in [0.15, 0.2) is 17.0 Å². The highest BCUT2D eigenvalue weighted by Gasteiger charge is 2.30. The van der Waals surface area contributed by atoms with Gasteiger partial charge in [-0.3, -0.25) is 0 Å². The van der Waals surface area contributed by atoms with Crippen molar-refractivity contribution in [3.8, 4) is 0 Å². The fourth-order valence-corrected chi connectivity index (χ4v) is 4.05.